The van der Waals surface area contributed by atoms with E-state index < -0.39 is 0 Å². The van der Waals surface area contributed by atoms with E-state index in [1.54, 1.807) is 11.3 Å². The number of fused-ring (bicyclic) bond motifs is 1. The van der Waals surface area contributed by atoms with E-state index in [0.717, 1.165) is 17.9 Å². The molecule has 3 nitrogen and oxygen atoms in total. The summed E-state index contributed by atoms with van der Waals surface area (Å²) < 4.78 is 11.1. The molecule has 0 amide bonds. The van der Waals surface area contributed by atoms with E-state index >= 15 is 0 Å². The molecule has 1 N–H and O–H groups in total. The molecule has 1 atom stereocenters. The van der Waals surface area contributed by atoms with Gasteiger partial charge in [0, 0.05) is 17.5 Å². The Kier molecular flexibility index (Phi) is 4.15. The van der Waals surface area contributed by atoms with Gasteiger partial charge in [0.15, 0.2) is 11.5 Å². The molecule has 0 spiro atoms. The Balaban J connectivity index is 1.70. The van der Waals surface area contributed by atoms with Crippen molar-refractivity contribution in [3.05, 3.63) is 45.1 Å². The lowest BCUT2D eigenvalue weighted by Crippen LogP contribution is -2.19. The molecule has 5 heteroatoms. The number of hydrogen-bond donors (Lipinski definition) is 1. The highest BCUT2D eigenvalue weighted by Gasteiger charge is 2.16. The van der Waals surface area contributed by atoms with Crippen molar-refractivity contribution in [2.45, 2.75) is 19.5 Å². The van der Waals surface area contributed by atoms with Crippen LogP contribution in [-0.4, -0.2) is 13.2 Å². The molecule has 0 saturated heterocycles. The highest BCUT2D eigenvalue weighted by Crippen LogP contribution is 2.38. The van der Waals surface area contributed by atoms with Gasteiger partial charge in [-0.1, -0.05) is 17.7 Å². The molecule has 0 aliphatic carbocycles. The van der Waals surface area contributed by atoms with Crippen molar-refractivity contribution < 1.29 is 9.47 Å². The van der Waals surface area contributed by atoms with Crippen molar-refractivity contribution in [2.24, 2.45) is 0 Å². The lowest BCUT2D eigenvalue weighted by Gasteiger charge is -2.21. The van der Waals surface area contributed by atoms with Gasteiger partial charge < -0.3 is 14.8 Å². The topological polar surface area (TPSA) is 30.5 Å². The Bertz CT molecular complexity index is 586. The molecule has 1 aromatic heterocycles. The highest BCUT2D eigenvalue weighted by atomic mass is 35.5. The lowest BCUT2D eigenvalue weighted by molar-refractivity contribution is 0.171. The van der Waals surface area contributed by atoms with Gasteiger partial charge >= 0.3 is 0 Å². The van der Waals surface area contributed by atoms with Gasteiger partial charge in [0.1, 0.15) is 13.2 Å². The summed E-state index contributed by atoms with van der Waals surface area (Å²) in [5.41, 5.74) is 1.10. The molecule has 2 aromatic rings. The van der Waals surface area contributed by atoms with E-state index in [1.807, 2.05) is 12.1 Å². The summed E-state index contributed by atoms with van der Waals surface area (Å²) in [6.07, 6.45) is 0. The summed E-state index contributed by atoms with van der Waals surface area (Å²) in [6, 6.07) is 8.46. The molecule has 1 unspecified atom stereocenters. The SMILES string of the molecule is CC(NCc1cc(Cl)c2c(c1)OCCO2)c1cccs1. The van der Waals surface area contributed by atoms with E-state index in [2.05, 4.69) is 29.8 Å². The van der Waals surface area contributed by atoms with Crippen LogP contribution in [-0.2, 0) is 6.54 Å². The van der Waals surface area contributed by atoms with Gasteiger partial charge in [-0.2, -0.15) is 0 Å². The first-order valence-electron chi connectivity index (χ1n) is 6.59. The number of hydrogen-bond acceptors (Lipinski definition) is 4. The van der Waals surface area contributed by atoms with Gasteiger partial charge in [-0.05, 0) is 36.1 Å². The highest BCUT2D eigenvalue weighted by molar-refractivity contribution is 7.10. The van der Waals surface area contributed by atoms with Gasteiger partial charge in [0.2, 0.25) is 0 Å². The summed E-state index contributed by atoms with van der Waals surface area (Å²) in [5, 5.41) is 6.20. The minimum Gasteiger partial charge on any atom is -0.486 e. The van der Waals surface area contributed by atoms with Gasteiger partial charge in [-0.3, -0.25) is 0 Å². The van der Waals surface area contributed by atoms with E-state index in [4.69, 9.17) is 21.1 Å². The fourth-order valence-corrected chi connectivity index (χ4v) is 3.22. The molecule has 1 aliphatic heterocycles. The van der Waals surface area contributed by atoms with Crippen LogP contribution in [0.1, 0.15) is 23.4 Å². The molecule has 0 radical (unpaired) electrons. The Labute approximate surface area is 127 Å². The van der Waals surface area contributed by atoms with Crippen LogP contribution in [0.15, 0.2) is 29.6 Å². The average molecular weight is 310 g/mol. The van der Waals surface area contributed by atoms with Crippen LogP contribution in [0.2, 0.25) is 5.02 Å². The van der Waals surface area contributed by atoms with Crippen molar-refractivity contribution in [3.8, 4) is 11.5 Å². The molecule has 20 heavy (non-hydrogen) atoms. The molecule has 3 rings (SSSR count). The van der Waals surface area contributed by atoms with Crippen LogP contribution in [0.5, 0.6) is 11.5 Å². The first-order chi connectivity index (χ1) is 9.74. The first kappa shape index (κ1) is 13.7. The zero-order chi connectivity index (χ0) is 13.9. The number of nitrogens with one attached hydrogen (secondary N) is 1. The predicted octanol–water partition coefficient (Wildman–Crippen LogP) is 4.02. The summed E-state index contributed by atoms with van der Waals surface area (Å²) in [4.78, 5) is 1.33. The van der Waals surface area contributed by atoms with Crippen LogP contribution in [0, 0.1) is 0 Å². The largest absolute Gasteiger partial charge is 0.486 e. The zero-order valence-electron chi connectivity index (χ0n) is 11.2. The molecule has 2 heterocycles. The summed E-state index contributed by atoms with van der Waals surface area (Å²) >= 11 is 7.99. The minimum atomic E-state index is 0.321. The number of benzene rings is 1. The average Bonchev–Trinajstić information content (AvgIpc) is 2.99. The normalized spacial score (nSPS) is 15.1. The maximum atomic E-state index is 6.23. The van der Waals surface area contributed by atoms with E-state index in [-0.39, 0.29) is 0 Å². The fourth-order valence-electron chi connectivity index (χ4n) is 2.18. The third-order valence-corrected chi connectivity index (χ3v) is 4.57. The zero-order valence-corrected chi connectivity index (χ0v) is 12.8. The molecule has 106 valence electrons. The second-order valence-electron chi connectivity index (χ2n) is 4.72. The van der Waals surface area contributed by atoms with E-state index in [1.165, 1.54) is 4.88 Å². The smallest absolute Gasteiger partial charge is 0.179 e. The lowest BCUT2D eigenvalue weighted by atomic mass is 10.1. The van der Waals surface area contributed by atoms with Crippen molar-refractivity contribution in [1.29, 1.82) is 0 Å². The van der Waals surface area contributed by atoms with Crippen molar-refractivity contribution in [2.75, 3.05) is 13.2 Å². The van der Waals surface area contributed by atoms with Crippen molar-refractivity contribution in [3.63, 3.8) is 0 Å². The van der Waals surface area contributed by atoms with Crippen molar-refractivity contribution >= 4 is 22.9 Å². The Morgan fingerprint density at radius 1 is 1.35 bits per heavy atom. The van der Waals surface area contributed by atoms with Crippen LogP contribution in [0.25, 0.3) is 0 Å². The maximum absolute atomic E-state index is 6.23. The van der Waals surface area contributed by atoms with Crippen molar-refractivity contribution in [1.82, 2.24) is 5.32 Å². The van der Waals surface area contributed by atoms with Crippen LogP contribution < -0.4 is 14.8 Å². The Hall–Kier alpha value is -1.23. The monoisotopic (exact) mass is 309 g/mol. The molecule has 0 saturated carbocycles. The number of rotatable bonds is 4. The Morgan fingerprint density at radius 2 is 2.20 bits per heavy atom. The van der Waals surface area contributed by atoms with Crippen LogP contribution >= 0.6 is 22.9 Å². The number of ether oxygens (including phenoxy) is 2. The van der Waals surface area contributed by atoms with E-state index in [0.29, 0.717) is 30.0 Å². The van der Waals surface area contributed by atoms with Crippen LogP contribution in [0.3, 0.4) is 0 Å². The standard InChI is InChI=1S/C15H16ClNO2S/c1-10(14-3-2-6-20-14)17-9-11-7-12(16)15-13(8-11)18-4-5-19-15/h2-3,6-8,10,17H,4-5,9H2,1H3. The van der Waals surface area contributed by atoms with Gasteiger partial charge in [0.25, 0.3) is 0 Å². The molecular formula is C15H16ClNO2S. The maximum Gasteiger partial charge on any atom is 0.179 e. The fraction of sp³-hybridized carbons (Fsp3) is 0.333. The quantitative estimate of drug-likeness (QED) is 0.925. The van der Waals surface area contributed by atoms with E-state index in [9.17, 15) is 0 Å². The molecule has 1 aliphatic rings. The number of halogens is 1. The van der Waals surface area contributed by atoms with Gasteiger partial charge in [0.05, 0.1) is 5.02 Å². The van der Waals surface area contributed by atoms with Crippen LogP contribution in [0.4, 0.5) is 0 Å². The summed E-state index contributed by atoms with van der Waals surface area (Å²) in [6.45, 7) is 4.03. The predicted molar refractivity (Wildman–Crippen MR) is 82.0 cm³/mol. The second-order valence-corrected chi connectivity index (χ2v) is 6.11. The second kappa shape index (κ2) is 6.04. The van der Waals surface area contributed by atoms with Gasteiger partial charge in [-0.25, -0.2) is 0 Å². The molecule has 0 fully saturated rings. The van der Waals surface area contributed by atoms with Gasteiger partial charge in [-0.15, -0.1) is 11.3 Å². The third-order valence-electron chi connectivity index (χ3n) is 3.24. The molecular weight excluding hydrogens is 294 g/mol. The molecule has 1 aromatic carbocycles. The first-order valence-corrected chi connectivity index (χ1v) is 7.84. The Morgan fingerprint density at radius 3 is 3.00 bits per heavy atom. The summed E-state index contributed by atoms with van der Waals surface area (Å²) in [5.74, 6) is 1.40. The minimum absolute atomic E-state index is 0.321. The summed E-state index contributed by atoms with van der Waals surface area (Å²) in [7, 11) is 0. The third kappa shape index (κ3) is 2.92. The molecule has 0 bridgehead atoms. The number of thiophene rings is 1.